The van der Waals surface area contributed by atoms with Crippen LogP contribution in [0, 0.1) is 0 Å². The summed E-state index contributed by atoms with van der Waals surface area (Å²) in [6.45, 7) is 6.15. The summed E-state index contributed by atoms with van der Waals surface area (Å²) in [7, 11) is 1.85. The third kappa shape index (κ3) is 2.94. The number of hydrogen-bond acceptors (Lipinski definition) is 4. The Morgan fingerprint density at radius 2 is 2.23 bits per heavy atom. The van der Waals surface area contributed by atoms with Gasteiger partial charge in [-0.05, 0) is 0 Å². The molecule has 22 heavy (non-hydrogen) atoms. The van der Waals surface area contributed by atoms with Gasteiger partial charge in [0.2, 0.25) is 0 Å². The second-order valence-corrected chi connectivity index (χ2v) is 6.50. The second kappa shape index (κ2) is 5.85. The van der Waals surface area contributed by atoms with Crippen LogP contribution in [0.3, 0.4) is 0 Å². The molecule has 0 spiro atoms. The largest absolute Gasteiger partial charge is 0.310 e. The van der Waals surface area contributed by atoms with Gasteiger partial charge in [0.05, 0.1) is 22.0 Å². The minimum absolute atomic E-state index is 0.0227. The number of rotatable bonds is 3. The maximum Gasteiger partial charge on any atom is 0.255 e. The van der Waals surface area contributed by atoms with E-state index >= 15 is 0 Å². The first kappa shape index (κ1) is 15.2. The van der Waals surface area contributed by atoms with Crippen molar-refractivity contribution < 1.29 is 0 Å². The fourth-order valence-electron chi connectivity index (χ4n) is 2.73. The van der Waals surface area contributed by atoms with Gasteiger partial charge in [0.1, 0.15) is 5.82 Å². The third-order valence-electron chi connectivity index (χ3n) is 3.94. The monoisotopic (exact) mass is 321 g/mol. The molecule has 3 heterocycles. The standard InChI is InChI=1S/C15H20ClN5O/c1-9(2)14-17-12-4-5-21(6-10(12)15(22)18-14)8-13-11(16)7-20(3)19-13/h7,9H,4-6,8H2,1-3H3,(H,17,18,22). The first-order chi connectivity index (χ1) is 10.4. The Balaban J connectivity index is 1.82. The lowest BCUT2D eigenvalue weighted by Gasteiger charge is -2.27. The highest BCUT2D eigenvalue weighted by Gasteiger charge is 2.23. The number of H-pyrrole nitrogens is 1. The molecule has 2 aromatic rings. The van der Waals surface area contributed by atoms with Crippen molar-refractivity contribution in [3.8, 4) is 0 Å². The zero-order valence-corrected chi connectivity index (χ0v) is 13.8. The molecule has 118 valence electrons. The van der Waals surface area contributed by atoms with E-state index in [0.29, 0.717) is 18.1 Å². The van der Waals surface area contributed by atoms with Crippen LogP contribution >= 0.6 is 11.6 Å². The Morgan fingerprint density at radius 1 is 1.45 bits per heavy atom. The number of aryl methyl sites for hydroxylation is 1. The van der Waals surface area contributed by atoms with Crippen LogP contribution in [-0.4, -0.2) is 31.2 Å². The minimum atomic E-state index is -0.0227. The summed E-state index contributed by atoms with van der Waals surface area (Å²) in [6.07, 6.45) is 2.57. The number of fused-ring (bicyclic) bond motifs is 1. The summed E-state index contributed by atoms with van der Waals surface area (Å²) in [5.41, 5.74) is 2.51. The Labute approximate surface area is 134 Å². The van der Waals surface area contributed by atoms with E-state index in [2.05, 4.69) is 20.0 Å². The highest BCUT2D eigenvalue weighted by atomic mass is 35.5. The molecule has 0 unspecified atom stereocenters. The molecule has 1 aliphatic rings. The van der Waals surface area contributed by atoms with E-state index in [1.807, 2.05) is 20.9 Å². The normalized spacial score (nSPS) is 15.3. The SMILES string of the molecule is CC(C)c1nc2c(c(=O)[nH]1)CN(Cc1nn(C)cc1Cl)CC2. The second-order valence-electron chi connectivity index (χ2n) is 6.09. The predicted molar refractivity (Wildman–Crippen MR) is 85.0 cm³/mol. The molecule has 7 heteroatoms. The maximum absolute atomic E-state index is 12.3. The molecule has 0 radical (unpaired) electrons. The molecule has 0 amide bonds. The van der Waals surface area contributed by atoms with Crippen LogP contribution < -0.4 is 5.56 Å². The van der Waals surface area contributed by atoms with Crippen molar-refractivity contribution in [3.63, 3.8) is 0 Å². The first-order valence-corrected chi connectivity index (χ1v) is 7.84. The van der Waals surface area contributed by atoms with Gasteiger partial charge in [-0.1, -0.05) is 25.4 Å². The van der Waals surface area contributed by atoms with Gasteiger partial charge in [-0.2, -0.15) is 5.10 Å². The highest BCUT2D eigenvalue weighted by molar-refractivity contribution is 6.31. The van der Waals surface area contributed by atoms with E-state index in [1.54, 1.807) is 10.9 Å². The predicted octanol–water partition coefficient (Wildman–Crippen LogP) is 1.84. The summed E-state index contributed by atoms with van der Waals surface area (Å²) < 4.78 is 1.71. The molecule has 0 aromatic carbocycles. The summed E-state index contributed by atoms with van der Waals surface area (Å²) >= 11 is 6.16. The van der Waals surface area contributed by atoms with Crippen LogP contribution in [0.5, 0.6) is 0 Å². The molecule has 3 rings (SSSR count). The van der Waals surface area contributed by atoms with Gasteiger partial charge >= 0.3 is 0 Å². The fraction of sp³-hybridized carbons (Fsp3) is 0.533. The summed E-state index contributed by atoms with van der Waals surface area (Å²) in [4.78, 5) is 22.0. The Hall–Kier alpha value is -1.66. The lowest BCUT2D eigenvalue weighted by Crippen LogP contribution is -2.36. The van der Waals surface area contributed by atoms with Crippen molar-refractivity contribution in [1.82, 2.24) is 24.6 Å². The molecule has 6 nitrogen and oxygen atoms in total. The van der Waals surface area contributed by atoms with Crippen LogP contribution in [-0.2, 0) is 26.6 Å². The number of aromatic amines is 1. The van der Waals surface area contributed by atoms with Gasteiger partial charge in [0.25, 0.3) is 5.56 Å². The van der Waals surface area contributed by atoms with Crippen molar-refractivity contribution in [2.24, 2.45) is 7.05 Å². The number of hydrogen-bond donors (Lipinski definition) is 1. The van der Waals surface area contributed by atoms with Gasteiger partial charge in [-0.15, -0.1) is 0 Å². The smallest absolute Gasteiger partial charge is 0.255 e. The minimum Gasteiger partial charge on any atom is -0.310 e. The number of nitrogens with one attached hydrogen (secondary N) is 1. The number of halogens is 1. The van der Waals surface area contributed by atoms with Crippen LogP contribution in [0.15, 0.2) is 11.0 Å². The number of nitrogens with zero attached hydrogens (tertiary/aromatic N) is 4. The van der Waals surface area contributed by atoms with Gasteiger partial charge in [0.15, 0.2) is 0 Å². The lowest BCUT2D eigenvalue weighted by atomic mass is 10.1. The summed E-state index contributed by atoms with van der Waals surface area (Å²) in [5, 5.41) is 5.02. The number of aromatic nitrogens is 4. The molecular weight excluding hydrogens is 302 g/mol. The summed E-state index contributed by atoms with van der Waals surface area (Å²) in [5.74, 6) is 0.994. The van der Waals surface area contributed by atoms with Crippen molar-refractivity contribution in [2.45, 2.75) is 39.3 Å². The van der Waals surface area contributed by atoms with Crippen LogP contribution in [0.2, 0.25) is 5.02 Å². The molecule has 0 bridgehead atoms. The molecule has 1 aliphatic heterocycles. The Morgan fingerprint density at radius 3 is 2.86 bits per heavy atom. The highest BCUT2D eigenvalue weighted by Crippen LogP contribution is 2.20. The first-order valence-electron chi connectivity index (χ1n) is 7.46. The molecule has 1 N–H and O–H groups in total. The quantitative estimate of drug-likeness (QED) is 0.936. The topological polar surface area (TPSA) is 66.8 Å². The lowest BCUT2D eigenvalue weighted by molar-refractivity contribution is 0.238. The molecule has 2 aromatic heterocycles. The molecular formula is C15H20ClN5O. The van der Waals surface area contributed by atoms with Crippen molar-refractivity contribution >= 4 is 11.6 Å². The average Bonchev–Trinajstić information content (AvgIpc) is 2.77. The van der Waals surface area contributed by atoms with Gasteiger partial charge in [0, 0.05) is 45.2 Å². The van der Waals surface area contributed by atoms with Crippen LogP contribution in [0.25, 0.3) is 0 Å². The van der Waals surface area contributed by atoms with E-state index in [0.717, 1.165) is 35.7 Å². The Bertz CT molecular complexity index is 749. The van der Waals surface area contributed by atoms with E-state index in [4.69, 9.17) is 11.6 Å². The van der Waals surface area contributed by atoms with Gasteiger partial charge in [-0.3, -0.25) is 14.4 Å². The Kier molecular flexibility index (Phi) is 4.06. The zero-order chi connectivity index (χ0) is 15.9. The van der Waals surface area contributed by atoms with Crippen LogP contribution in [0.1, 0.15) is 42.5 Å². The third-order valence-corrected chi connectivity index (χ3v) is 4.26. The molecule has 0 saturated carbocycles. The van der Waals surface area contributed by atoms with Crippen molar-refractivity contribution in [2.75, 3.05) is 6.54 Å². The van der Waals surface area contributed by atoms with Crippen LogP contribution in [0.4, 0.5) is 0 Å². The van der Waals surface area contributed by atoms with Crippen molar-refractivity contribution in [1.29, 1.82) is 0 Å². The fourth-order valence-corrected chi connectivity index (χ4v) is 2.97. The molecule has 0 aliphatic carbocycles. The molecule has 0 saturated heterocycles. The van der Waals surface area contributed by atoms with E-state index < -0.39 is 0 Å². The zero-order valence-electron chi connectivity index (χ0n) is 13.1. The summed E-state index contributed by atoms with van der Waals surface area (Å²) in [6, 6.07) is 0. The van der Waals surface area contributed by atoms with Gasteiger partial charge < -0.3 is 4.98 Å². The molecule has 0 atom stereocenters. The maximum atomic E-state index is 12.3. The van der Waals surface area contributed by atoms with E-state index in [9.17, 15) is 4.79 Å². The van der Waals surface area contributed by atoms with E-state index in [-0.39, 0.29) is 11.5 Å². The van der Waals surface area contributed by atoms with E-state index in [1.165, 1.54) is 0 Å². The van der Waals surface area contributed by atoms with Crippen molar-refractivity contribution in [3.05, 3.63) is 44.3 Å². The average molecular weight is 322 g/mol. The van der Waals surface area contributed by atoms with Gasteiger partial charge in [-0.25, -0.2) is 4.98 Å². The molecule has 0 fully saturated rings.